The van der Waals surface area contributed by atoms with Crippen molar-refractivity contribution in [1.82, 2.24) is 10.6 Å². The minimum atomic E-state index is 0.137. The Hall–Kier alpha value is -0.570. The average Bonchev–Trinajstić information content (AvgIpc) is 2.24. The molecule has 2 rings (SSSR count). The molecule has 2 aliphatic rings. The first kappa shape index (κ1) is 9.97. The molecule has 14 heavy (non-hydrogen) atoms. The van der Waals surface area contributed by atoms with Crippen LogP contribution in [-0.2, 0) is 4.79 Å². The number of piperazine rings is 1. The summed E-state index contributed by atoms with van der Waals surface area (Å²) in [6.45, 7) is 3.55. The molecule has 3 heteroatoms. The fourth-order valence-electron chi connectivity index (χ4n) is 2.72. The summed E-state index contributed by atoms with van der Waals surface area (Å²) in [5, 5.41) is 6.37. The Morgan fingerprint density at radius 1 is 1.29 bits per heavy atom. The summed E-state index contributed by atoms with van der Waals surface area (Å²) in [5.41, 5.74) is 0.147. The first-order valence-corrected chi connectivity index (χ1v) is 5.72. The standard InChI is InChI=1S/C11H20N2O/c1-11(8-12-10(14)7-13-11)9-5-3-2-4-6-9/h9,13H,2-8H2,1H3,(H,12,14). The number of nitrogens with one attached hydrogen (secondary N) is 2. The summed E-state index contributed by atoms with van der Waals surface area (Å²) in [6.07, 6.45) is 6.74. The Kier molecular flexibility index (Phi) is 2.77. The molecule has 2 N–H and O–H groups in total. The molecule has 1 saturated carbocycles. The van der Waals surface area contributed by atoms with Crippen LogP contribution >= 0.6 is 0 Å². The highest BCUT2D eigenvalue weighted by Gasteiger charge is 2.37. The lowest BCUT2D eigenvalue weighted by Crippen LogP contribution is -2.63. The van der Waals surface area contributed by atoms with E-state index in [1.807, 2.05) is 0 Å². The number of carbonyl (C=O) groups excluding carboxylic acids is 1. The molecule has 0 aromatic carbocycles. The van der Waals surface area contributed by atoms with E-state index in [2.05, 4.69) is 17.6 Å². The fraction of sp³-hybridized carbons (Fsp3) is 0.909. The van der Waals surface area contributed by atoms with Gasteiger partial charge in [0.2, 0.25) is 5.91 Å². The minimum absolute atomic E-state index is 0.137. The van der Waals surface area contributed by atoms with Gasteiger partial charge in [-0.2, -0.15) is 0 Å². The fourth-order valence-corrected chi connectivity index (χ4v) is 2.72. The lowest BCUT2D eigenvalue weighted by Gasteiger charge is -2.43. The van der Waals surface area contributed by atoms with Crippen LogP contribution in [0.1, 0.15) is 39.0 Å². The number of amides is 1. The predicted octanol–water partition coefficient (Wildman–Crippen LogP) is 1.04. The summed E-state index contributed by atoms with van der Waals surface area (Å²) in [5.74, 6) is 0.884. The van der Waals surface area contributed by atoms with E-state index in [9.17, 15) is 4.79 Å². The van der Waals surface area contributed by atoms with E-state index in [-0.39, 0.29) is 11.4 Å². The highest BCUT2D eigenvalue weighted by atomic mass is 16.2. The van der Waals surface area contributed by atoms with Crippen LogP contribution in [0.15, 0.2) is 0 Å². The zero-order chi connectivity index (χ0) is 10.0. The van der Waals surface area contributed by atoms with E-state index < -0.39 is 0 Å². The molecule has 1 saturated heterocycles. The van der Waals surface area contributed by atoms with Crippen molar-refractivity contribution in [3.63, 3.8) is 0 Å². The third kappa shape index (κ3) is 1.92. The van der Waals surface area contributed by atoms with Gasteiger partial charge < -0.3 is 10.6 Å². The van der Waals surface area contributed by atoms with Gasteiger partial charge >= 0.3 is 0 Å². The number of rotatable bonds is 1. The molecule has 1 aliphatic carbocycles. The first-order valence-electron chi connectivity index (χ1n) is 5.72. The first-order chi connectivity index (χ1) is 6.71. The van der Waals surface area contributed by atoms with E-state index in [0.29, 0.717) is 6.54 Å². The molecule has 1 unspecified atom stereocenters. The van der Waals surface area contributed by atoms with Crippen molar-refractivity contribution in [1.29, 1.82) is 0 Å². The van der Waals surface area contributed by atoms with E-state index in [4.69, 9.17) is 0 Å². The van der Waals surface area contributed by atoms with Gasteiger partial charge in [-0.1, -0.05) is 19.3 Å². The third-order valence-corrected chi connectivity index (χ3v) is 3.81. The van der Waals surface area contributed by atoms with E-state index in [0.717, 1.165) is 12.5 Å². The third-order valence-electron chi connectivity index (χ3n) is 3.81. The quantitative estimate of drug-likeness (QED) is 0.658. The van der Waals surface area contributed by atoms with Crippen molar-refractivity contribution in [3.05, 3.63) is 0 Å². The maximum absolute atomic E-state index is 11.1. The van der Waals surface area contributed by atoms with E-state index >= 15 is 0 Å². The molecular weight excluding hydrogens is 176 g/mol. The van der Waals surface area contributed by atoms with E-state index in [1.54, 1.807) is 0 Å². The molecule has 0 aromatic rings. The molecule has 1 aliphatic heterocycles. The lowest BCUT2D eigenvalue weighted by molar-refractivity contribution is -0.123. The number of carbonyl (C=O) groups is 1. The zero-order valence-electron chi connectivity index (χ0n) is 8.94. The minimum Gasteiger partial charge on any atom is -0.353 e. The summed E-state index contributed by atoms with van der Waals surface area (Å²) in [7, 11) is 0. The van der Waals surface area contributed by atoms with Crippen LogP contribution < -0.4 is 10.6 Å². The van der Waals surface area contributed by atoms with Crippen LogP contribution in [0.2, 0.25) is 0 Å². The van der Waals surface area contributed by atoms with Gasteiger partial charge in [0.05, 0.1) is 6.54 Å². The van der Waals surface area contributed by atoms with Crippen LogP contribution in [0.5, 0.6) is 0 Å². The van der Waals surface area contributed by atoms with Crippen molar-refractivity contribution >= 4 is 5.91 Å². The Morgan fingerprint density at radius 3 is 2.57 bits per heavy atom. The van der Waals surface area contributed by atoms with Crippen molar-refractivity contribution in [2.75, 3.05) is 13.1 Å². The van der Waals surface area contributed by atoms with Crippen LogP contribution in [0, 0.1) is 5.92 Å². The van der Waals surface area contributed by atoms with Crippen molar-refractivity contribution in [2.24, 2.45) is 5.92 Å². The van der Waals surface area contributed by atoms with E-state index in [1.165, 1.54) is 32.1 Å². The van der Waals surface area contributed by atoms with Gasteiger partial charge in [0.25, 0.3) is 0 Å². The van der Waals surface area contributed by atoms with Gasteiger partial charge in [-0.05, 0) is 25.7 Å². The molecule has 0 spiro atoms. The highest BCUT2D eigenvalue weighted by molar-refractivity contribution is 5.79. The average molecular weight is 196 g/mol. The zero-order valence-corrected chi connectivity index (χ0v) is 8.94. The second-order valence-electron chi connectivity index (χ2n) is 4.88. The van der Waals surface area contributed by atoms with Crippen LogP contribution in [0.4, 0.5) is 0 Å². The monoisotopic (exact) mass is 196 g/mol. The van der Waals surface area contributed by atoms with Gasteiger partial charge in [0, 0.05) is 12.1 Å². The Labute approximate surface area is 85.6 Å². The molecule has 0 radical (unpaired) electrons. The molecule has 1 heterocycles. The lowest BCUT2D eigenvalue weighted by atomic mass is 9.75. The van der Waals surface area contributed by atoms with Gasteiger partial charge in [-0.25, -0.2) is 0 Å². The largest absolute Gasteiger partial charge is 0.353 e. The van der Waals surface area contributed by atoms with Crippen molar-refractivity contribution in [2.45, 2.75) is 44.6 Å². The maximum Gasteiger partial charge on any atom is 0.234 e. The Bertz CT molecular complexity index is 211. The number of hydrogen-bond donors (Lipinski definition) is 2. The van der Waals surface area contributed by atoms with Crippen LogP contribution in [0.25, 0.3) is 0 Å². The molecule has 3 nitrogen and oxygen atoms in total. The molecular formula is C11H20N2O. The molecule has 0 bridgehead atoms. The molecule has 1 amide bonds. The van der Waals surface area contributed by atoms with Crippen molar-refractivity contribution < 1.29 is 4.79 Å². The van der Waals surface area contributed by atoms with Gasteiger partial charge in [0.1, 0.15) is 0 Å². The summed E-state index contributed by atoms with van der Waals surface area (Å²) in [4.78, 5) is 11.1. The van der Waals surface area contributed by atoms with Gasteiger partial charge in [-0.3, -0.25) is 4.79 Å². The Morgan fingerprint density at radius 2 is 2.00 bits per heavy atom. The highest BCUT2D eigenvalue weighted by Crippen LogP contribution is 2.32. The summed E-state index contributed by atoms with van der Waals surface area (Å²) < 4.78 is 0. The maximum atomic E-state index is 11.1. The number of hydrogen-bond acceptors (Lipinski definition) is 2. The van der Waals surface area contributed by atoms with Crippen molar-refractivity contribution in [3.8, 4) is 0 Å². The Balaban J connectivity index is 1.96. The SMILES string of the molecule is CC1(C2CCCCC2)CNC(=O)CN1. The van der Waals surface area contributed by atoms with Gasteiger partial charge in [-0.15, -0.1) is 0 Å². The smallest absolute Gasteiger partial charge is 0.234 e. The second-order valence-corrected chi connectivity index (χ2v) is 4.88. The molecule has 0 aromatic heterocycles. The molecule has 2 fully saturated rings. The second kappa shape index (κ2) is 3.89. The predicted molar refractivity (Wildman–Crippen MR) is 56.0 cm³/mol. The normalized spacial score (nSPS) is 35.4. The van der Waals surface area contributed by atoms with Crippen LogP contribution in [-0.4, -0.2) is 24.5 Å². The topological polar surface area (TPSA) is 41.1 Å². The van der Waals surface area contributed by atoms with Crippen LogP contribution in [0.3, 0.4) is 0 Å². The van der Waals surface area contributed by atoms with Gasteiger partial charge in [0.15, 0.2) is 0 Å². The summed E-state index contributed by atoms with van der Waals surface area (Å²) >= 11 is 0. The molecule has 80 valence electrons. The summed E-state index contributed by atoms with van der Waals surface area (Å²) in [6, 6.07) is 0. The molecule has 1 atom stereocenters.